The van der Waals surface area contributed by atoms with Crippen molar-refractivity contribution >= 4 is 44.7 Å². The third-order valence-electron chi connectivity index (χ3n) is 2.42. The van der Waals surface area contributed by atoms with Crippen molar-refractivity contribution in [2.45, 2.75) is 11.1 Å². The van der Waals surface area contributed by atoms with E-state index in [1.54, 1.807) is 18.3 Å². The second-order valence-corrected chi connectivity index (χ2v) is 7.86. The van der Waals surface area contributed by atoms with Crippen molar-refractivity contribution in [2.24, 2.45) is 0 Å². The normalized spacial score (nSPS) is 11.3. The minimum Gasteiger partial charge on any atom is -0.310 e. The topological polar surface area (TPSA) is 88.2 Å². The van der Waals surface area contributed by atoms with E-state index in [1.807, 2.05) is 6.92 Å². The summed E-state index contributed by atoms with van der Waals surface area (Å²) in [5, 5.41) is 2.50. The van der Waals surface area contributed by atoms with Crippen LogP contribution in [-0.4, -0.2) is 25.9 Å². The molecule has 0 aliphatic carbocycles. The number of nitrogens with zero attached hydrogens (tertiary/aromatic N) is 1. The second-order valence-electron chi connectivity index (χ2n) is 4.15. The van der Waals surface area contributed by atoms with E-state index in [1.165, 1.54) is 12.1 Å². The number of carbonyl (C=O) groups excluding carboxylic acids is 1. The predicted molar refractivity (Wildman–Crippen MR) is 82.1 cm³/mol. The molecule has 0 bridgehead atoms. The van der Waals surface area contributed by atoms with E-state index in [0.717, 1.165) is 16.9 Å². The maximum atomic E-state index is 11.9. The molecule has 0 aromatic carbocycles. The first-order chi connectivity index (χ1) is 9.87. The van der Waals surface area contributed by atoms with Crippen LogP contribution in [0.3, 0.4) is 0 Å². The molecule has 2 aromatic heterocycles. The maximum Gasteiger partial charge on any atom is 0.250 e. The summed E-state index contributed by atoms with van der Waals surface area (Å²) in [5.74, 6) is -0.137. The van der Waals surface area contributed by atoms with Gasteiger partial charge in [-0.25, -0.2) is 18.1 Å². The van der Waals surface area contributed by atoms with E-state index in [0.29, 0.717) is 10.2 Å². The molecule has 9 heteroatoms. The Balaban J connectivity index is 1.93. The van der Waals surface area contributed by atoms with E-state index >= 15 is 0 Å². The molecule has 0 fully saturated rings. The molecule has 0 saturated heterocycles. The number of pyridine rings is 1. The number of sulfonamides is 1. The number of aryl methyl sites for hydroxylation is 1. The standard InChI is InChI=1S/C12H12ClN3O3S2/c1-8-2-4-10(14-6-8)16-11(17)7-15-21(18,19)12-5-3-9(13)20-12/h2-6,15H,7H2,1H3,(H,14,16,17). The third-order valence-corrected chi connectivity index (χ3v) is 5.54. The van der Waals surface area contributed by atoms with Gasteiger partial charge < -0.3 is 5.32 Å². The molecule has 6 nitrogen and oxygen atoms in total. The fourth-order valence-electron chi connectivity index (χ4n) is 1.40. The first kappa shape index (κ1) is 15.9. The van der Waals surface area contributed by atoms with Crippen LogP contribution in [0.5, 0.6) is 0 Å². The Kier molecular flexibility index (Phi) is 4.94. The van der Waals surface area contributed by atoms with Gasteiger partial charge in [0, 0.05) is 6.20 Å². The van der Waals surface area contributed by atoms with Crippen molar-refractivity contribution < 1.29 is 13.2 Å². The number of rotatable bonds is 5. The van der Waals surface area contributed by atoms with Gasteiger partial charge in [-0.2, -0.15) is 0 Å². The number of halogens is 1. The Morgan fingerprint density at radius 1 is 1.33 bits per heavy atom. The Morgan fingerprint density at radius 2 is 2.10 bits per heavy atom. The molecule has 2 rings (SSSR count). The average Bonchev–Trinajstić information content (AvgIpc) is 2.87. The van der Waals surface area contributed by atoms with Gasteiger partial charge >= 0.3 is 0 Å². The molecule has 2 aromatic rings. The number of aromatic nitrogens is 1. The lowest BCUT2D eigenvalue weighted by molar-refractivity contribution is -0.115. The molecule has 0 saturated carbocycles. The molecule has 112 valence electrons. The minimum atomic E-state index is -3.73. The monoisotopic (exact) mass is 345 g/mol. The summed E-state index contributed by atoms with van der Waals surface area (Å²) in [6, 6.07) is 6.30. The first-order valence-electron chi connectivity index (χ1n) is 5.84. The Labute approximate surface area is 131 Å². The Morgan fingerprint density at radius 3 is 2.67 bits per heavy atom. The fourth-order valence-corrected chi connectivity index (χ4v) is 3.91. The number of anilines is 1. The van der Waals surface area contributed by atoms with Crippen molar-refractivity contribution in [3.8, 4) is 0 Å². The Hall–Kier alpha value is -1.48. The predicted octanol–water partition coefficient (Wildman–Crippen LogP) is 2.02. The molecule has 0 atom stereocenters. The molecule has 21 heavy (non-hydrogen) atoms. The average molecular weight is 346 g/mol. The molecule has 0 aliphatic rings. The van der Waals surface area contributed by atoms with Crippen LogP contribution in [0, 0.1) is 6.92 Å². The summed E-state index contributed by atoms with van der Waals surface area (Å²) in [6.07, 6.45) is 1.60. The van der Waals surface area contributed by atoms with Crippen molar-refractivity contribution in [1.29, 1.82) is 0 Å². The van der Waals surface area contributed by atoms with Gasteiger partial charge in [0.1, 0.15) is 10.0 Å². The number of hydrogen-bond acceptors (Lipinski definition) is 5. The summed E-state index contributed by atoms with van der Waals surface area (Å²) in [6.45, 7) is 1.49. The van der Waals surface area contributed by atoms with Crippen LogP contribution < -0.4 is 10.0 Å². The summed E-state index contributed by atoms with van der Waals surface area (Å²) >= 11 is 6.61. The number of nitrogens with one attached hydrogen (secondary N) is 2. The molecular weight excluding hydrogens is 334 g/mol. The number of carbonyl (C=O) groups is 1. The summed E-state index contributed by atoms with van der Waals surface area (Å²) < 4.78 is 26.4. The van der Waals surface area contributed by atoms with Gasteiger partial charge in [0.2, 0.25) is 5.91 Å². The molecule has 0 aliphatic heterocycles. The van der Waals surface area contributed by atoms with Crippen LogP contribution in [0.15, 0.2) is 34.7 Å². The smallest absolute Gasteiger partial charge is 0.250 e. The highest BCUT2D eigenvalue weighted by Gasteiger charge is 2.17. The van der Waals surface area contributed by atoms with Gasteiger partial charge in [-0.3, -0.25) is 4.79 Å². The largest absolute Gasteiger partial charge is 0.310 e. The van der Waals surface area contributed by atoms with E-state index in [2.05, 4.69) is 15.0 Å². The molecule has 0 radical (unpaired) electrons. The zero-order valence-corrected chi connectivity index (χ0v) is 13.3. The fraction of sp³-hybridized carbons (Fsp3) is 0.167. The van der Waals surface area contributed by atoms with Gasteiger partial charge in [0.15, 0.2) is 0 Å². The molecule has 0 unspecified atom stereocenters. The Bertz CT molecular complexity index is 741. The summed E-state index contributed by atoms with van der Waals surface area (Å²) in [5.41, 5.74) is 0.961. The summed E-state index contributed by atoms with van der Waals surface area (Å²) in [4.78, 5) is 15.7. The van der Waals surface area contributed by atoms with Gasteiger partial charge in [-0.15, -0.1) is 11.3 Å². The van der Waals surface area contributed by atoms with Crippen molar-refractivity contribution in [3.05, 3.63) is 40.4 Å². The van der Waals surface area contributed by atoms with Crippen LogP contribution in [0.1, 0.15) is 5.56 Å². The van der Waals surface area contributed by atoms with Gasteiger partial charge in [-0.05, 0) is 30.7 Å². The highest BCUT2D eigenvalue weighted by molar-refractivity contribution is 7.91. The highest BCUT2D eigenvalue weighted by Crippen LogP contribution is 2.25. The summed E-state index contributed by atoms with van der Waals surface area (Å²) in [7, 11) is -3.73. The molecule has 1 amide bonds. The first-order valence-corrected chi connectivity index (χ1v) is 8.52. The van der Waals surface area contributed by atoms with E-state index < -0.39 is 15.9 Å². The van der Waals surface area contributed by atoms with Crippen LogP contribution in [-0.2, 0) is 14.8 Å². The molecular formula is C12H12ClN3O3S2. The van der Waals surface area contributed by atoms with Crippen LogP contribution in [0.25, 0.3) is 0 Å². The van der Waals surface area contributed by atoms with Crippen LogP contribution in [0.4, 0.5) is 5.82 Å². The van der Waals surface area contributed by atoms with Crippen molar-refractivity contribution in [1.82, 2.24) is 9.71 Å². The number of thiophene rings is 1. The highest BCUT2D eigenvalue weighted by atomic mass is 35.5. The molecule has 0 spiro atoms. The van der Waals surface area contributed by atoms with E-state index in [9.17, 15) is 13.2 Å². The molecule has 2 heterocycles. The minimum absolute atomic E-state index is 0.0637. The molecule has 2 N–H and O–H groups in total. The van der Waals surface area contributed by atoms with Crippen LogP contribution in [0.2, 0.25) is 4.34 Å². The van der Waals surface area contributed by atoms with Crippen LogP contribution >= 0.6 is 22.9 Å². The van der Waals surface area contributed by atoms with Gasteiger partial charge in [0.25, 0.3) is 10.0 Å². The van der Waals surface area contributed by atoms with E-state index in [4.69, 9.17) is 11.6 Å². The van der Waals surface area contributed by atoms with Crippen molar-refractivity contribution in [2.75, 3.05) is 11.9 Å². The lowest BCUT2D eigenvalue weighted by Crippen LogP contribution is -2.32. The van der Waals surface area contributed by atoms with Gasteiger partial charge in [0.05, 0.1) is 10.9 Å². The zero-order chi connectivity index (χ0) is 15.5. The number of amides is 1. The van der Waals surface area contributed by atoms with Crippen molar-refractivity contribution in [3.63, 3.8) is 0 Å². The maximum absolute atomic E-state index is 11.9. The quantitative estimate of drug-likeness (QED) is 0.867. The third kappa shape index (κ3) is 4.50. The second kappa shape index (κ2) is 6.52. The lowest BCUT2D eigenvalue weighted by atomic mass is 10.3. The lowest BCUT2D eigenvalue weighted by Gasteiger charge is -2.06. The number of hydrogen-bond donors (Lipinski definition) is 2. The SMILES string of the molecule is Cc1ccc(NC(=O)CNS(=O)(=O)c2ccc(Cl)s2)nc1. The van der Waals surface area contributed by atoms with E-state index in [-0.39, 0.29) is 10.8 Å². The van der Waals surface area contributed by atoms with Gasteiger partial charge in [-0.1, -0.05) is 17.7 Å². The zero-order valence-electron chi connectivity index (χ0n) is 11.0.